The van der Waals surface area contributed by atoms with Crippen molar-refractivity contribution in [3.63, 3.8) is 0 Å². The highest BCUT2D eigenvalue weighted by atomic mass is 16.6. The predicted molar refractivity (Wildman–Crippen MR) is 116 cm³/mol. The van der Waals surface area contributed by atoms with Gasteiger partial charge in [0.25, 0.3) is 0 Å². The van der Waals surface area contributed by atoms with E-state index in [0.717, 1.165) is 46.9 Å². The minimum absolute atomic E-state index is 0.0611. The van der Waals surface area contributed by atoms with Crippen molar-refractivity contribution in [3.05, 3.63) is 48.0 Å². The van der Waals surface area contributed by atoms with E-state index in [0.29, 0.717) is 38.4 Å². The molecule has 0 spiro atoms. The zero-order valence-electron chi connectivity index (χ0n) is 17.0. The molecule has 0 unspecified atom stereocenters. The molecule has 30 heavy (non-hydrogen) atoms. The predicted octanol–water partition coefficient (Wildman–Crippen LogP) is 3.21. The van der Waals surface area contributed by atoms with E-state index in [-0.39, 0.29) is 5.91 Å². The third-order valence-corrected chi connectivity index (χ3v) is 5.56. The minimum Gasteiger partial charge on any atom is -0.486 e. The van der Waals surface area contributed by atoms with Gasteiger partial charge in [-0.05, 0) is 42.7 Å². The molecule has 0 aliphatic carbocycles. The number of anilines is 2. The first-order valence-electron chi connectivity index (χ1n) is 10.4. The molecule has 0 N–H and O–H groups in total. The topological polar surface area (TPSA) is 67.8 Å². The third-order valence-electron chi connectivity index (χ3n) is 5.56. The Morgan fingerprint density at radius 1 is 0.967 bits per heavy atom. The van der Waals surface area contributed by atoms with Crippen molar-refractivity contribution in [2.24, 2.45) is 0 Å². The molecule has 0 atom stereocenters. The van der Waals surface area contributed by atoms with E-state index < -0.39 is 0 Å². The van der Waals surface area contributed by atoms with Gasteiger partial charge in [-0.15, -0.1) is 0 Å². The zero-order chi connectivity index (χ0) is 20.5. The first-order chi connectivity index (χ1) is 14.7. The van der Waals surface area contributed by atoms with E-state index in [1.165, 1.54) is 0 Å². The van der Waals surface area contributed by atoms with Crippen molar-refractivity contribution in [1.82, 2.24) is 9.97 Å². The first kappa shape index (κ1) is 18.7. The Balaban J connectivity index is 1.39. The lowest BCUT2D eigenvalue weighted by atomic mass is 10.1. The van der Waals surface area contributed by atoms with E-state index in [9.17, 15) is 4.79 Å². The number of nitrogens with zero attached hydrogens (tertiary/aromatic N) is 4. The fourth-order valence-corrected chi connectivity index (χ4v) is 3.97. The fraction of sp³-hybridized carbons (Fsp3) is 0.348. The Labute approximate surface area is 175 Å². The molecule has 3 heterocycles. The van der Waals surface area contributed by atoms with Crippen LogP contribution in [0.1, 0.15) is 18.4 Å². The van der Waals surface area contributed by atoms with Crippen molar-refractivity contribution in [3.8, 4) is 11.5 Å². The van der Waals surface area contributed by atoms with Crippen LogP contribution in [-0.2, 0) is 11.2 Å². The van der Waals surface area contributed by atoms with Crippen LogP contribution in [0, 0.1) is 0 Å². The van der Waals surface area contributed by atoms with Gasteiger partial charge in [-0.1, -0.05) is 18.2 Å². The highest BCUT2D eigenvalue weighted by Crippen LogP contribution is 2.32. The molecule has 0 saturated heterocycles. The molecule has 0 fully saturated rings. The number of benzene rings is 2. The van der Waals surface area contributed by atoms with Crippen LogP contribution < -0.4 is 19.3 Å². The Hall–Kier alpha value is -3.35. The molecule has 1 amide bonds. The summed E-state index contributed by atoms with van der Waals surface area (Å²) in [4.78, 5) is 26.7. The molecule has 5 rings (SSSR count). The summed E-state index contributed by atoms with van der Waals surface area (Å²) in [5.41, 5.74) is 2.70. The largest absolute Gasteiger partial charge is 0.486 e. The average molecular weight is 404 g/mol. The van der Waals surface area contributed by atoms with E-state index >= 15 is 0 Å². The van der Waals surface area contributed by atoms with Crippen LogP contribution in [-0.4, -0.2) is 49.2 Å². The van der Waals surface area contributed by atoms with Gasteiger partial charge in [0.2, 0.25) is 5.91 Å². The number of aryl methyl sites for hydroxylation is 1. The molecule has 154 valence electrons. The SMILES string of the molecule is CN1CCCN(C(=O)CCc2ccc3c(c2)OCCO3)c2nc3ccccc3nc21. The maximum atomic E-state index is 13.2. The number of rotatable bonds is 3. The fourth-order valence-electron chi connectivity index (χ4n) is 3.97. The maximum Gasteiger partial charge on any atom is 0.228 e. The average Bonchev–Trinajstić information content (AvgIpc) is 2.94. The standard InChI is InChI=1S/C23H24N4O3/c1-26-11-4-12-27(23-22(26)24-17-5-2-3-6-18(17)25-23)21(28)10-8-16-7-9-19-20(15-16)30-14-13-29-19/h2-3,5-7,9,15H,4,8,10-14H2,1H3. The quantitative estimate of drug-likeness (QED) is 0.668. The number of para-hydroxylation sites is 2. The van der Waals surface area contributed by atoms with Crippen molar-refractivity contribution < 1.29 is 14.3 Å². The lowest BCUT2D eigenvalue weighted by molar-refractivity contribution is -0.118. The summed E-state index contributed by atoms with van der Waals surface area (Å²) in [6.45, 7) is 2.61. The molecule has 7 heteroatoms. The highest BCUT2D eigenvalue weighted by molar-refractivity contribution is 5.97. The van der Waals surface area contributed by atoms with Crippen LogP contribution in [0.5, 0.6) is 11.5 Å². The number of ether oxygens (including phenoxy) is 2. The number of amides is 1. The lowest BCUT2D eigenvalue weighted by Crippen LogP contribution is -2.32. The van der Waals surface area contributed by atoms with Crippen LogP contribution in [0.2, 0.25) is 0 Å². The Morgan fingerprint density at radius 2 is 1.70 bits per heavy atom. The van der Waals surface area contributed by atoms with Gasteiger partial charge >= 0.3 is 0 Å². The monoisotopic (exact) mass is 404 g/mol. The summed E-state index contributed by atoms with van der Waals surface area (Å²) in [6.07, 6.45) is 1.91. The van der Waals surface area contributed by atoms with Gasteiger partial charge in [-0.2, -0.15) is 0 Å². The van der Waals surface area contributed by atoms with Crippen LogP contribution >= 0.6 is 0 Å². The second kappa shape index (κ2) is 7.82. The molecule has 0 bridgehead atoms. The Kier molecular flexibility index (Phi) is 4.86. The molecule has 0 saturated carbocycles. The smallest absolute Gasteiger partial charge is 0.228 e. The molecule has 1 aromatic heterocycles. The molecule has 2 aliphatic heterocycles. The normalized spacial score (nSPS) is 15.6. The number of fused-ring (bicyclic) bond motifs is 3. The summed E-state index contributed by atoms with van der Waals surface area (Å²) in [5, 5.41) is 0. The van der Waals surface area contributed by atoms with Gasteiger partial charge in [-0.3, -0.25) is 9.69 Å². The Morgan fingerprint density at radius 3 is 2.50 bits per heavy atom. The second-order valence-electron chi connectivity index (χ2n) is 7.66. The van der Waals surface area contributed by atoms with E-state index in [1.54, 1.807) is 4.90 Å². The molecule has 7 nitrogen and oxygen atoms in total. The van der Waals surface area contributed by atoms with Crippen LogP contribution in [0.15, 0.2) is 42.5 Å². The van der Waals surface area contributed by atoms with Gasteiger partial charge in [0.05, 0.1) is 11.0 Å². The zero-order valence-corrected chi connectivity index (χ0v) is 17.0. The summed E-state index contributed by atoms with van der Waals surface area (Å²) in [6, 6.07) is 13.7. The van der Waals surface area contributed by atoms with Crippen LogP contribution in [0.4, 0.5) is 11.6 Å². The molecule has 2 aliphatic rings. The maximum absolute atomic E-state index is 13.2. The number of carbonyl (C=O) groups excluding carboxylic acids is 1. The molecule has 2 aromatic carbocycles. The van der Waals surface area contributed by atoms with E-state index in [1.807, 2.05) is 49.5 Å². The summed E-state index contributed by atoms with van der Waals surface area (Å²) in [7, 11) is 2.01. The molecular formula is C23H24N4O3. The van der Waals surface area contributed by atoms with Crippen molar-refractivity contribution >= 4 is 28.6 Å². The van der Waals surface area contributed by atoms with Gasteiger partial charge in [-0.25, -0.2) is 9.97 Å². The highest BCUT2D eigenvalue weighted by Gasteiger charge is 2.26. The van der Waals surface area contributed by atoms with Crippen LogP contribution in [0.25, 0.3) is 11.0 Å². The summed E-state index contributed by atoms with van der Waals surface area (Å²) < 4.78 is 11.2. The van der Waals surface area contributed by atoms with Crippen molar-refractivity contribution in [1.29, 1.82) is 0 Å². The number of carbonyl (C=O) groups is 1. The number of hydrogen-bond donors (Lipinski definition) is 0. The van der Waals surface area contributed by atoms with Crippen molar-refractivity contribution in [2.45, 2.75) is 19.3 Å². The summed E-state index contributed by atoms with van der Waals surface area (Å²) >= 11 is 0. The molecular weight excluding hydrogens is 380 g/mol. The Bertz CT molecular complexity index is 1100. The third kappa shape index (κ3) is 3.51. The number of aromatic nitrogens is 2. The van der Waals surface area contributed by atoms with Gasteiger partial charge < -0.3 is 14.4 Å². The lowest BCUT2D eigenvalue weighted by Gasteiger charge is -2.23. The minimum atomic E-state index is 0.0611. The van der Waals surface area contributed by atoms with Gasteiger partial charge in [0, 0.05) is 26.6 Å². The van der Waals surface area contributed by atoms with E-state index in [2.05, 4.69) is 4.90 Å². The number of hydrogen-bond acceptors (Lipinski definition) is 6. The summed E-state index contributed by atoms with van der Waals surface area (Å²) in [5.74, 6) is 3.00. The van der Waals surface area contributed by atoms with Crippen molar-refractivity contribution in [2.75, 3.05) is 43.2 Å². The first-order valence-corrected chi connectivity index (χ1v) is 10.4. The van der Waals surface area contributed by atoms with Crippen LogP contribution in [0.3, 0.4) is 0 Å². The van der Waals surface area contributed by atoms with Gasteiger partial charge in [0.15, 0.2) is 23.1 Å². The van der Waals surface area contributed by atoms with E-state index in [4.69, 9.17) is 19.4 Å². The molecule has 3 aromatic rings. The molecule has 0 radical (unpaired) electrons. The second-order valence-corrected chi connectivity index (χ2v) is 7.66. The van der Waals surface area contributed by atoms with Gasteiger partial charge in [0.1, 0.15) is 13.2 Å².